The molecule has 0 spiro atoms. The lowest BCUT2D eigenvalue weighted by Gasteiger charge is -2.02. The lowest BCUT2D eigenvalue weighted by Crippen LogP contribution is -2.01. The second-order valence-corrected chi connectivity index (χ2v) is 3.26. The summed E-state index contributed by atoms with van der Waals surface area (Å²) in [5, 5.41) is 0. The van der Waals surface area contributed by atoms with Crippen LogP contribution in [-0.4, -0.2) is 26.2 Å². The van der Waals surface area contributed by atoms with Gasteiger partial charge in [-0.3, -0.25) is 4.79 Å². The minimum Gasteiger partial charge on any atom is -0.468 e. The van der Waals surface area contributed by atoms with Gasteiger partial charge in [0.2, 0.25) is 0 Å². The van der Waals surface area contributed by atoms with Crippen LogP contribution in [0.1, 0.15) is 22.3 Å². The minimum atomic E-state index is -0.337. The van der Waals surface area contributed by atoms with Gasteiger partial charge in [-0.1, -0.05) is 12.1 Å². The summed E-state index contributed by atoms with van der Waals surface area (Å²) >= 11 is 0. The van der Waals surface area contributed by atoms with Gasteiger partial charge in [0.25, 0.3) is 6.47 Å². The topological polar surface area (TPSA) is 52.6 Å². The molecular formula is C12H14O4. The molecule has 0 saturated heterocycles. The molecule has 0 saturated carbocycles. The van der Waals surface area contributed by atoms with Crippen molar-refractivity contribution in [3.05, 3.63) is 35.4 Å². The highest BCUT2D eigenvalue weighted by Crippen LogP contribution is 2.07. The SMILES string of the molecule is COC(=O)c1ccc(CCCOC=O)cc1. The van der Waals surface area contributed by atoms with Crippen LogP contribution in [-0.2, 0) is 20.7 Å². The number of methoxy groups -OCH3 is 1. The Morgan fingerprint density at radius 1 is 1.31 bits per heavy atom. The summed E-state index contributed by atoms with van der Waals surface area (Å²) in [6.45, 7) is 0.864. The van der Waals surface area contributed by atoms with Crippen LogP contribution in [0.4, 0.5) is 0 Å². The molecule has 0 aromatic heterocycles. The molecule has 0 N–H and O–H groups in total. The minimum absolute atomic E-state index is 0.337. The van der Waals surface area contributed by atoms with E-state index in [0.717, 1.165) is 18.4 Å². The van der Waals surface area contributed by atoms with Crippen LogP contribution in [0.5, 0.6) is 0 Å². The number of esters is 1. The Labute approximate surface area is 94.2 Å². The van der Waals surface area contributed by atoms with Crippen LogP contribution in [0.25, 0.3) is 0 Å². The lowest BCUT2D eigenvalue weighted by molar-refractivity contribution is -0.128. The first-order chi connectivity index (χ1) is 7.77. The molecule has 1 rings (SSSR count). The van der Waals surface area contributed by atoms with Crippen LogP contribution in [0.2, 0.25) is 0 Å². The second-order valence-electron chi connectivity index (χ2n) is 3.26. The van der Waals surface area contributed by atoms with Crippen molar-refractivity contribution in [2.75, 3.05) is 13.7 Å². The number of rotatable bonds is 6. The summed E-state index contributed by atoms with van der Waals surface area (Å²) in [6.07, 6.45) is 1.59. The average molecular weight is 222 g/mol. The molecule has 0 atom stereocenters. The average Bonchev–Trinajstić information content (AvgIpc) is 2.34. The van der Waals surface area contributed by atoms with Crippen molar-refractivity contribution < 1.29 is 19.1 Å². The Hall–Kier alpha value is -1.84. The first kappa shape index (κ1) is 12.2. The van der Waals surface area contributed by atoms with E-state index in [1.807, 2.05) is 12.1 Å². The molecule has 4 heteroatoms. The fraction of sp³-hybridized carbons (Fsp3) is 0.333. The van der Waals surface area contributed by atoms with Crippen LogP contribution < -0.4 is 0 Å². The van der Waals surface area contributed by atoms with E-state index in [4.69, 9.17) is 0 Å². The van der Waals surface area contributed by atoms with Crippen molar-refractivity contribution in [3.8, 4) is 0 Å². The molecule has 0 heterocycles. The predicted molar refractivity (Wildman–Crippen MR) is 58.1 cm³/mol. The molecule has 1 aromatic rings. The van der Waals surface area contributed by atoms with E-state index in [-0.39, 0.29) is 5.97 Å². The number of benzene rings is 1. The summed E-state index contributed by atoms with van der Waals surface area (Å²) in [5.41, 5.74) is 1.64. The summed E-state index contributed by atoms with van der Waals surface area (Å²) in [5.74, 6) is -0.337. The molecule has 0 amide bonds. The molecule has 86 valence electrons. The van der Waals surface area contributed by atoms with E-state index < -0.39 is 0 Å². The molecule has 4 nitrogen and oxygen atoms in total. The molecule has 0 radical (unpaired) electrons. The lowest BCUT2D eigenvalue weighted by atomic mass is 10.1. The summed E-state index contributed by atoms with van der Waals surface area (Å²) < 4.78 is 9.17. The van der Waals surface area contributed by atoms with Gasteiger partial charge in [-0.05, 0) is 30.5 Å². The zero-order chi connectivity index (χ0) is 11.8. The van der Waals surface area contributed by atoms with Crippen molar-refractivity contribution in [2.24, 2.45) is 0 Å². The van der Waals surface area contributed by atoms with Gasteiger partial charge in [-0.15, -0.1) is 0 Å². The largest absolute Gasteiger partial charge is 0.468 e. The van der Waals surface area contributed by atoms with Gasteiger partial charge in [-0.25, -0.2) is 4.79 Å². The Morgan fingerprint density at radius 3 is 2.56 bits per heavy atom. The number of hydrogen-bond donors (Lipinski definition) is 0. The molecule has 16 heavy (non-hydrogen) atoms. The van der Waals surface area contributed by atoms with Crippen LogP contribution >= 0.6 is 0 Å². The third-order valence-electron chi connectivity index (χ3n) is 2.17. The number of aryl methyl sites for hydroxylation is 1. The zero-order valence-electron chi connectivity index (χ0n) is 9.14. The summed E-state index contributed by atoms with van der Waals surface area (Å²) in [7, 11) is 1.35. The summed E-state index contributed by atoms with van der Waals surface area (Å²) in [4.78, 5) is 21.0. The molecule has 0 fully saturated rings. The zero-order valence-corrected chi connectivity index (χ0v) is 9.14. The smallest absolute Gasteiger partial charge is 0.337 e. The maximum Gasteiger partial charge on any atom is 0.337 e. The Bertz CT molecular complexity index is 343. The van der Waals surface area contributed by atoms with Crippen LogP contribution in [0, 0.1) is 0 Å². The molecule has 0 bridgehead atoms. The van der Waals surface area contributed by atoms with E-state index in [0.29, 0.717) is 18.6 Å². The molecule has 0 unspecified atom stereocenters. The fourth-order valence-electron chi connectivity index (χ4n) is 1.33. The van der Waals surface area contributed by atoms with Crippen molar-refractivity contribution >= 4 is 12.4 Å². The van der Waals surface area contributed by atoms with Crippen molar-refractivity contribution in [1.82, 2.24) is 0 Å². The van der Waals surface area contributed by atoms with Gasteiger partial charge in [0.1, 0.15) is 0 Å². The van der Waals surface area contributed by atoms with Crippen molar-refractivity contribution in [1.29, 1.82) is 0 Å². The maximum atomic E-state index is 11.1. The first-order valence-corrected chi connectivity index (χ1v) is 5.00. The van der Waals surface area contributed by atoms with Crippen molar-refractivity contribution in [2.45, 2.75) is 12.8 Å². The van der Waals surface area contributed by atoms with Gasteiger partial charge in [0.05, 0.1) is 19.3 Å². The highest BCUT2D eigenvalue weighted by molar-refractivity contribution is 5.89. The number of hydrogen-bond acceptors (Lipinski definition) is 4. The van der Waals surface area contributed by atoms with Gasteiger partial charge < -0.3 is 9.47 Å². The Morgan fingerprint density at radius 2 is 2.00 bits per heavy atom. The number of carbonyl (C=O) groups is 2. The Balaban J connectivity index is 2.45. The molecule has 0 aliphatic carbocycles. The molecule has 1 aromatic carbocycles. The highest BCUT2D eigenvalue weighted by Gasteiger charge is 2.03. The number of ether oxygens (including phenoxy) is 2. The van der Waals surface area contributed by atoms with E-state index in [2.05, 4.69) is 9.47 Å². The molecular weight excluding hydrogens is 208 g/mol. The predicted octanol–water partition coefficient (Wildman–Crippen LogP) is 1.58. The van der Waals surface area contributed by atoms with Gasteiger partial charge in [-0.2, -0.15) is 0 Å². The molecule has 0 aliphatic rings. The summed E-state index contributed by atoms with van der Waals surface area (Å²) in [6, 6.07) is 7.18. The maximum absolute atomic E-state index is 11.1. The van der Waals surface area contributed by atoms with Crippen LogP contribution in [0.15, 0.2) is 24.3 Å². The van der Waals surface area contributed by atoms with E-state index in [1.165, 1.54) is 7.11 Å². The standard InChI is InChI=1S/C12H14O4/c1-15-12(14)11-6-4-10(5-7-11)3-2-8-16-9-13/h4-7,9H,2-3,8H2,1H3. The van der Waals surface area contributed by atoms with Crippen molar-refractivity contribution in [3.63, 3.8) is 0 Å². The Kier molecular flexibility index (Phi) is 5.05. The first-order valence-electron chi connectivity index (χ1n) is 5.00. The monoisotopic (exact) mass is 222 g/mol. The molecule has 0 aliphatic heterocycles. The highest BCUT2D eigenvalue weighted by atomic mass is 16.5. The van der Waals surface area contributed by atoms with Gasteiger partial charge in [0, 0.05) is 0 Å². The van der Waals surface area contributed by atoms with Gasteiger partial charge >= 0.3 is 5.97 Å². The normalized spacial score (nSPS) is 9.56. The third-order valence-corrected chi connectivity index (χ3v) is 2.17. The van der Waals surface area contributed by atoms with E-state index >= 15 is 0 Å². The van der Waals surface area contributed by atoms with Gasteiger partial charge in [0.15, 0.2) is 0 Å². The quantitative estimate of drug-likeness (QED) is 0.416. The second kappa shape index (κ2) is 6.61. The van der Waals surface area contributed by atoms with Crippen LogP contribution in [0.3, 0.4) is 0 Å². The van der Waals surface area contributed by atoms with E-state index in [1.54, 1.807) is 12.1 Å². The third kappa shape index (κ3) is 3.73. The number of carbonyl (C=O) groups excluding carboxylic acids is 2. The fourth-order valence-corrected chi connectivity index (χ4v) is 1.33. The van der Waals surface area contributed by atoms with E-state index in [9.17, 15) is 9.59 Å².